The van der Waals surface area contributed by atoms with Gasteiger partial charge in [0.25, 0.3) is 5.91 Å². The lowest BCUT2D eigenvalue weighted by Crippen LogP contribution is -2.62. The van der Waals surface area contributed by atoms with Crippen molar-refractivity contribution >= 4 is 23.4 Å². The summed E-state index contributed by atoms with van der Waals surface area (Å²) in [7, 11) is 0. The number of benzene rings is 2. The van der Waals surface area contributed by atoms with Crippen molar-refractivity contribution in [3.8, 4) is 0 Å². The van der Waals surface area contributed by atoms with Crippen molar-refractivity contribution in [3.63, 3.8) is 0 Å². The molecule has 0 saturated carbocycles. The predicted octanol–water partition coefficient (Wildman–Crippen LogP) is 2.88. The molecule has 2 aromatic rings. The van der Waals surface area contributed by atoms with Crippen LogP contribution in [0, 0.1) is 5.41 Å². The molecule has 1 fully saturated rings. The van der Waals surface area contributed by atoms with E-state index in [1.807, 2.05) is 81.4 Å². The number of hydrogen-bond acceptors (Lipinski definition) is 6. The van der Waals surface area contributed by atoms with Gasteiger partial charge in [0.05, 0.1) is 30.0 Å². The standard InChI is InChI=1S/C31H41N5O4/c1-29(2,3)36-28(39)31(18-22-12-8-6-9-13-22)21-35(17-16-25(31)34-36)26(37)24(33-27(38)30(4,5)32)20-40-19-23-14-10-7-11-15-23/h6-15,24H,16-21,32H2,1-5H3,(H,33,38)/t24?,31-/m0/s1. The summed E-state index contributed by atoms with van der Waals surface area (Å²) < 4.78 is 5.90. The van der Waals surface area contributed by atoms with Gasteiger partial charge in [-0.15, -0.1) is 0 Å². The number of piperidine rings is 1. The monoisotopic (exact) mass is 547 g/mol. The molecule has 3 N–H and O–H groups in total. The summed E-state index contributed by atoms with van der Waals surface area (Å²) in [5.74, 6) is -0.872. The smallest absolute Gasteiger partial charge is 0.257 e. The van der Waals surface area contributed by atoms with Gasteiger partial charge < -0.3 is 20.7 Å². The minimum Gasteiger partial charge on any atom is -0.374 e. The third-order valence-electron chi connectivity index (χ3n) is 7.33. The van der Waals surface area contributed by atoms with Crippen LogP contribution >= 0.6 is 0 Å². The van der Waals surface area contributed by atoms with E-state index in [1.54, 1.807) is 23.8 Å². The zero-order chi connectivity index (χ0) is 29.1. The van der Waals surface area contributed by atoms with E-state index >= 15 is 0 Å². The molecular formula is C31H41N5O4. The molecule has 0 radical (unpaired) electrons. The van der Waals surface area contributed by atoms with Crippen molar-refractivity contribution in [2.24, 2.45) is 16.3 Å². The Morgan fingerprint density at radius 3 is 2.20 bits per heavy atom. The van der Waals surface area contributed by atoms with E-state index in [2.05, 4.69) is 5.32 Å². The Morgan fingerprint density at radius 2 is 1.62 bits per heavy atom. The number of carbonyl (C=O) groups is 3. The average Bonchev–Trinajstić information content (AvgIpc) is 3.20. The van der Waals surface area contributed by atoms with Crippen LogP contribution in [0.5, 0.6) is 0 Å². The Labute approximate surface area is 236 Å². The first-order valence-electron chi connectivity index (χ1n) is 13.8. The molecule has 2 heterocycles. The number of hydrogen-bond donors (Lipinski definition) is 2. The molecule has 0 bridgehead atoms. The maximum atomic E-state index is 14.1. The number of fused-ring (bicyclic) bond motifs is 1. The van der Waals surface area contributed by atoms with Gasteiger partial charge in [0.1, 0.15) is 11.5 Å². The van der Waals surface area contributed by atoms with Gasteiger partial charge in [-0.1, -0.05) is 60.7 Å². The second-order valence-electron chi connectivity index (χ2n) is 12.3. The number of likely N-dealkylation sites (tertiary alicyclic amines) is 1. The van der Waals surface area contributed by atoms with E-state index in [-0.39, 0.29) is 25.0 Å². The molecule has 4 rings (SSSR count). The molecule has 0 aromatic heterocycles. The third-order valence-corrected chi connectivity index (χ3v) is 7.33. The molecule has 40 heavy (non-hydrogen) atoms. The second kappa shape index (κ2) is 11.5. The summed E-state index contributed by atoms with van der Waals surface area (Å²) in [6, 6.07) is 18.5. The van der Waals surface area contributed by atoms with Crippen molar-refractivity contribution in [1.82, 2.24) is 15.2 Å². The fourth-order valence-corrected chi connectivity index (χ4v) is 5.11. The van der Waals surface area contributed by atoms with Crippen LogP contribution in [0.4, 0.5) is 0 Å². The Balaban J connectivity index is 1.59. The number of nitrogens with one attached hydrogen (secondary N) is 1. The van der Waals surface area contributed by atoms with E-state index in [1.165, 1.54) is 0 Å². The van der Waals surface area contributed by atoms with Crippen LogP contribution < -0.4 is 11.1 Å². The molecule has 0 spiro atoms. The topological polar surface area (TPSA) is 117 Å². The van der Waals surface area contributed by atoms with Crippen molar-refractivity contribution in [3.05, 3.63) is 71.8 Å². The highest BCUT2D eigenvalue weighted by molar-refractivity contribution is 6.14. The molecule has 2 aliphatic rings. The first kappa shape index (κ1) is 29.4. The zero-order valence-electron chi connectivity index (χ0n) is 24.1. The van der Waals surface area contributed by atoms with Crippen molar-refractivity contribution in [2.75, 3.05) is 19.7 Å². The van der Waals surface area contributed by atoms with E-state index in [0.29, 0.717) is 26.0 Å². The lowest BCUT2D eigenvalue weighted by molar-refractivity contribution is -0.146. The summed E-state index contributed by atoms with van der Waals surface area (Å²) in [5.41, 5.74) is 6.12. The summed E-state index contributed by atoms with van der Waals surface area (Å²) in [6.07, 6.45) is 0.893. The maximum absolute atomic E-state index is 14.1. The summed E-state index contributed by atoms with van der Waals surface area (Å²) in [4.78, 5) is 42.6. The van der Waals surface area contributed by atoms with Gasteiger partial charge in [-0.25, -0.2) is 5.01 Å². The number of nitrogens with zero attached hydrogens (tertiary/aromatic N) is 3. The second-order valence-corrected chi connectivity index (χ2v) is 12.3. The SMILES string of the molecule is CC(C)(N)C(=O)NC(COCc1ccccc1)C(=O)N1CCC2=NN(C(C)(C)C)C(=O)[C@@]2(Cc2ccccc2)C1. The Hall–Kier alpha value is -3.56. The highest BCUT2D eigenvalue weighted by Crippen LogP contribution is 2.41. The highest BCUT2D eigenvalue weighted by Gasteiger charge is 2.56. The van der Waals surface area contributed by atoms with Crippen LogP contribution in [0.25, 0.3) is 0 Å². The summed E-state index contributed by atoms with van der Waals surface area (Å²) in [5, 5.41) is 9.15. The van der Waals surface area contributed by atoms with Crippen molar-refractivity contribution in [2.45, 2.75) is 71.2 Å². The lowest BCUT2D eigenvalue weighted by atomic mass is 9.73. The van der Waals surface area contributed by atoms with Crippen molar-refractivity contribution < 1.29 is 19.1 Å². The quantitative estimate of drug-likeness (QED) is 0.501. The predicted molar refractivity (Wildman–Crippen MR) is 154 cm³/mol. The van der Waals surface area contributed by atoms with Crippen LogP contribution in [-0.2, 0) is 32.1 Å². The number of rotatable bonds is 9. The molecule has 1 unspecified atom stereocenters. The molecule has 0 aliphatic carbocycles. The fourth-order valence-electron chi connectivity index (χ4n) is 5.11. The Morgan fingerprint density at radius 1 is 1.02 bits per heavy atom. The molecule has 9 nitrogen and oxygen atoms in total. The largest absolute Gasteiger partial charge is 0.374 e. The molecule has 9 heteroatoms. The van der Waals surface area contributed by atoms with E-state index < -0.39 is 28.4 Å². The van der Waals surface area contributed by atoms with E-state index in [9.17, 15) is 14.4 Å². The number of amides is 3. The van der Waals surface area contributed by atoms with Crippen molar-refractivity contribution in [1.29, 1.82) is 0 Å². The van der Waals surface area contributed by atoms with Crippen LogP contribution in [0.15, 0.2) is 65.8 Å². The molecule has 1 saturated heterocycles. The molecule has 2 aromatic carbocycles. The third kappa shape index (κ3) is 6.42. The van der Waals surface area contributed by atoms with Gasteiger partial charge in [-0.05, 0) is 52.2 Å². The van der Waals surface area contributed by atoms with Gasteiger partial charge in [0.2, 0.25) is 11.8 Å². The number of ether oxygens (including phenoxy) is 1. The minimum absolute atomic E-state index is 0.0270. The molecule has 3 amide bonds. The molecule has 2 atom stereocenters. The van der Waals surface area contributed by atoms with Crippen LogP contribution in [0.1, 0.15) is 52.2 Å². The number of nitrogens with two attached hydrogens (primary N) is 1. The molecule has 214 valence electrons. The number of hydrazone groups is 1. The Bertz CT molecular complexity index is 1250. The summed E-state index contributed by atoms with van der Waals surface area (Å²) >= 11 is 0. The maximum Gasteiger partial charge on any atom is 0.257 e. The number of carbonyl (C=O) groups excluding carboxylic acids is 3. The van der Waals surface area contributed by atoms with Gasteiger partial charge in [0.15, 0.2) is 0 Å². The first-order valence-corrected chi connectivity index (χ1v) is 13.8. The van der Waals surface area contributed by atoms with Gasteiger partial charge in [-0.3, -0.25) is 14.4 Å². The molecule has 2 aliphatic heterocycles. The van der Waals surface area contributed by atoms with Gasteiger partial charge >= 0.3 is 0 Å². The zero-order valence-corrected chi connectivity index (χ0v) is 24.1. The van der Waals surface area contributed by atoms with Crippen LogP contribution in [0.3, 0.4) is 0 Å². The first-order chi connectivity index (χ1) is 18.8. The summed E-state index contributed by atoms with van der Waals surface area (Å²) in [6.45, 7) is 9.86. The minimum atomic E-state index is -1.18. The highest BCUT2D eigenvalue weighted by atomic mass is 16.5. The Kier molecular flexibility index (Phi) is 8.46. The van der Waals surface area contributed by atoms with Gasteiger partial charge in [-0.2, -0.15) is 5.10 Å². The van der Waals surface area contributed by atoms with E-state index in [0.717, 1.165) is 16.8 Å². The fraction of sp³-hybridized carbons (Fsp3) is 0.484. The van der Waals surface area contributed by atoms with E-state index in [4.69, 9.17) is 15.6 Å². The lowest BCUT2D eigenvalue weighted by Gasteiger charge is -2.41. The van der Waals surface area contributed by atoms with Crippen LogP contribution in [-0.4, -0.2) is 70.2 Å². The molecular weight excluding hydrogens is 506 g/mol. The van der Waals surface area contributed by atoms with Gasteiger partial charge in [0, 0.05) is 19.5 Å². The normalized spacial score (nSPS) is 20.1. The van der Waals surface area contributed by atoms with Crippen LogP contribution in [0.2, 0.25) is 0 Å². The average molecular weight is 548 g/mol.